The predicted octanol–water partition coefficient (Wildman–Crippen LogP) is 2.99. The Labute approximate surface area is 66.9 Å². The molecule has 1 aromatic rings. The van der Waals surface area contributed by atoms with Crippen molar-refractivity contribution < 1.29 is 0 Å². The number of halogens is 1. The van der Waals surface area contributed by atoms with E-state index in [9.17, 15) is 0 Å². The quantitative estimate of drug-likeness (QED) is 0.664. The molecule has 0 saturated carbocycles. The summed E-state index contributed by atoms with van der Waals surface area (Å²) in [6.07, 6.45) is 1.77. The fourth-order valence-corrected chi connectivity index (χ4v) is 1.28. The summed E-state index contributed by atoms with van der Waals surface area (Å²) >= 11 is 4.87. The van der Waals surface area contributed by atoms with Crippen LogP contribution in [0.1, 0.15) is 0 Å². The molecule has 0 aromatic carbocycles. The first-order valence-corrected chi connectivity index (χ1v) is 4.35. The van der Waals surface area contributed by atoms with Gasteiger partial charge in [0.2, 0.25) is 0 Å². The largest absolute Gasteiger partial charge is 0.355 e. The van der Waals surface area contributed by atoms with Gasteiger partial charge in [-0.2, -0.15) is 0 Å². The van der Waals surface area contributed by atoms with Gasteiger partial charge in [-0.15, -0.1) is 0 Å². The van der Waals surface area contributed by atoms with Crippen LogP contribution in [0, 0.1) is 4.51 Å². The molecule has 1 heterocycles. The summed E-state index contributed by atoms with van der Waals surface area (Å²) in [6, 6.07) is 3.62. The Bertz CT molecular complexity index is 245. The van der Waals surface area contributed by atoms with Gasteiger partial charge in [-0.05, 0) is 33.8 Å². The van der Waals surface area contributed by atoms with Crippen LogP contribution in [-0.4, -0.2) is 4.98 Å². The van der Waals surface area contributed by atoms with E-state index in [1.165, 1.54) is 0 Å². The maximum absolute atomic E-state index is 5.44. The van der Waals surface area contributed by atoms with Crippen LogP contribution in [0.25, 0.3) is 0 Å². The number of pyridine rings is 1. The zero-order valence-electron chi connectivity index (χ0n) is 4.43. The van der Waals surface area contributed by atoms with Crippen molar-refractivity contribution in [3.8, 4) is 0 Å². The van der Waals surface area contributed by atoms with Crippen molar-refractivity contribution in [2.45, 2.75) is 5.03 Å². The fourth-order valence-electron chi connectivity index (χ4n) is 0.469. The molecule has 1 nitrogen and oxygen atoms in total. The first kappa shape index (κ1) is 7.12. The van der Waals surface area contributed by atoms with Gasteiger partial charge in [-0.1, -0.05) is 12.2 Å². The van der Waals surface area contributed by atoms with Crippen molar-refractivity contribution in [2.75, 3.05) is 0 Å². The Balaban J connectivity index is 3.08. The molecule has 0 fully saturated rings. The molecule has 0 saturated heterocycles. The highest BCUT2D eigenvalue weighted by molar-refractivity contribution is 8.21. The van der Waals surface area contributed by atoms with Crippen molar-refractivity contribution in [3.05, 3.63) is 22.8 Å². The predicted molar refractivity (Wildman–Crippen MR) is 43.3 cm³/mol. The molecule has 1 aromatic heterocycles. The van der Waals surface area contributed by atoms with E-state index in [1.54, 1.807) is 6.20 Å². The maximum Gasteiger partial charge on any atom is 0.0893 e. The number of aromatic nitrogens is 1. The second kappa shape index (κ2) is 3.25. The van der Waals surface area contributed by atoms with Crippen LogP contribution in [0.4, 0.5) is 0 Å². The highest BCUT2D eigenvalue weighted by Crippen LogP contribution is 2.17. The van der Waals surface area contributed by atoms with Gasteiger partial charge in [0.25, 0.3) is 0 Å². The number of rotatable bonds is 1. The van der Waals surface area contributed by atoms with Crippen LogP contribution in [-0.2, 0) is 0 Å². The lowest BCUT2D eigenvalue weighted by atomic mass is 10.5. The van der Waals surface area contributed by atoms with E-state index in [2.05, 4.69) is 4.98 Å². The summed E-state index contributed by atoms with van der Waals surface area (Å²) in [7, 11) is 6.57. The SMILES string of the molecule is S=c1cc[nH]c(SCl)c1. The van der Waals surface area contributed by atoms with Crippen LogP contribution in [0.5, 0.6) is 0 Å². The fraction of sp³-hybridized carbons (Fsp3) is 0. The van der Waals surface area contributed by atoms with E-state index in [0.717, 1.165) is 20.5 Å². The third-order valence-electron chi connectivity index (χ3n) is 0.830. The minimum atomic E-state index is 0.803. The summed E-state index contributed by atoms with van der Waals surface area (Å²) in [5.41, 5.74) is 0. The van der Waals surface area contributed by atoms with Crippen LogP contribution in [0.3, 0.4) is 0 Å². The Kier molecular flexibility index (Phi) is 2.57. The molecule has 0 aliphatic heterocycles. The summed E-state index contributed by atoms with van der Waals surface area (Å²) in [4.78, 5) is 2.92. The van der Waals surface area contributed by atoms with Crippen molar-refractivity contribution in [1.82, 2.24) is 4.98 Å². The molecule has 9 heavy (non-hydrogen) atoms. The zero-order chi connectivity index (χ0) is 6.69. The molecule has 0 radical (unpaired) electrons. The third kappa shape index (κ3) is 2.01. The van der Waals surface area contributed by atoms with Gasteiger partial charge in [0.15, 0.2) is 0 Å². The number of aromatic amines is 1. The molecule has 48 valence electrons. The second-order valence-corrected chi connectivity index (χ2v) is 2.99. The van der Waals surface area contributed by atoms with Gasteiger partial charge in [-0.3, -0.25) is 0 Å². The Morgan fingerprint density at radius 2 is 2.44 bits per heavy atom. The Morgan fingerprint density at radius 3 is 2.89 bits per heavy atom. The third-order valence-corrected chi connectivity index (χ3v) is 1.98. The van der Waals surface area contributed by atoms with Gasteiger partial charge in [0, 0.05) is 10.7 Å². The lowest BCUT2D eigenvalue weighted by Crippen LogP contribution is -1.72. The molecule has 0 spiro atoms. The van der Waals surface area contributed by atoms with Gasteiger partial charge < -0.3 is 4.98 Å². The van der Waals surface area contributed by atoms with E-state index in [-0.39, 0.29) is 0 Å². The van der Waals surface area contributed by atoms with Crippen molar-refractivity contribution in [2.24, 2.45) is 0 Å². The van der Waals surface area contributed by atoms with Crippen LogP contribution in [0.2, 0.25) is 0 Å². The normalized spacial score (nSPS) is 9.44. The monoisotopic (exact) mass is 177 g/mol. The van der Waals surface area contributed by atoms with Crippen LogP contribution < -0.4 is 0 Å². The standard InChI is InChI=1S/C5H4ClNS2/c6-9-5-3-4(8)1-2-7-5/h1-3H,(H,7,8). The average molecular weight is 178 g/mol. The first-order chi connectivity index (χ1) is 4.33. The van der Waals surface area contributed by atoms with Crippen LogP contribution in [0.15, 0.2) is 23.4 Å². The number of H-pyrrole nitrogens is 1. The average Bonchev–Trinajstić information content (AvgIpc) is 1.88. The number of hydrogen-bond donors (Lipinski definition) is 1. The minimum absolute atomic E-state index is 0.803. The molecule has 0 aliphatic carbocycles. The smallest absolute Gasteiger partial charge is 0.0893 e. The molecule has 0 unspecified atom stereocenters. The van der Waals surface area contributed by atoms with Gasteiger partial charge in [0.1, 0.15) is 0 Å². The highest BCUT2D eigenvalue weighted by atomic mass is 35.7. The first-order valence-electron chi connectivity index (χ1n) is 2.30. The van der Waals surface area contributed by atoms with E-state index >= 15 is 0 Å². The number of nitrogens with one attached hydrogen (secondary N) is 1. The summed E-state index contributed by atoms with van der Waals surface area (Å²) in [5, 5.41) is 0.879. The van der Waals surface area contributed by atoms with E-state index < -0.39 is 0 Å². The summed E-state index contributed by atoms with van der Waals surface area (Å²) < 4.78 is 0.803. The lowest BCUT2D eigenvalue weighted by molar-refractivity contribution is 1.14. The topological polar surface area (TPSA) is 15.8 Å². The number of hydrogen-bond acceptors (Lipinski definition) is 2. The van der Waals surface area contributed by atoms with E-state index in [0.29, 0.717) is 0 Å². The lowest BCUT2D eigenvalue weighted by Gasteiger charge is -1.89. The molecule has 1 N–H and O–H groups in total. The molecule has 0 atom stereocenters. The van der Waals surface area contributed by atoms with Gasteiger partial charge in [0.05, 0.1) is 5.03 Å². The van der Waals surface area contributed by atoms with Crippen molar-refractivity contribution >= 4 is 33.9 Å². The molecule has 0 aliphatic rings. The van der Waals surface area contributed by atoms with Gasteiger partial charge >= 0.3 is 0 Å². The van der Waals surface area contributed by atoms with Crippen LogP contribution >= 0.6 is 33.9 Å². The minimum Gasteiger partial charge on any atom is -0.355 e. The Morgan fingerprint density at radius 1 is 1.67 bits per heavy atom. The van der Waals surface area contributed by atoms with E-state index in [1.807, 2.05) is 12.1 Å². The molecule has 0 amide bonds. The van der Waals surface area contributed by atoms with E-state index in [4.69, 9.17) is 22.9 Å². The molecular weight excluding hydrogens is 174 g/mol. The second-order valence-electron chi connectivity index (χ2n) is 1.47. The highest BCUT2D eigenvalue weighted by Gasteiger charge is 1.86. The summed E-state index contributed by atoms with van der Waals surface area (Å²) in [6.45, 7) is 0. The van der Waals surface area contributed by atoms with Crippen molar-refractivity contribution in [1.29, 1.82) is 0 Å². The molecular formula is C5H4ClNS2. The zero-order valence-corrected chi connectivity index (χ0v) is 6.82. The molecule has 4 heteroatoms. The molecule has 1 rings (SSSR count). The van der Waals surface area contributed by atoms with Crippen molar-refractivity contribution in [3.63, 3.8) is 0 Å². The van der Waals surface area contributed by atoms with Gasteiger partial charge in [-0.25, -0.2) is 0 Å². The molecule has 0 bridgehead atoms. The maximum atomic E-state index is 5.44. The Hall–Kier alpha value is 0.01000. The summed E-state index contributed by atoms with van der Waals surface area (Å²) in [5.74, 6) is 0.